The van der Waals surface area contributed by atoms with Crippen LogP contribution in [0.4, 0.5) is 0 Å². The Morgan fingerprint density at radius 1 is 0.571 bits per heavy atom. The van der Waals surface area contributed by atoms with Gasteiger partial charge in [-0.1, -0.05) is 103 Å². The van der Waals surface area contributed by atoms with Gasteiger partial charge in [0.25, 0.3) is 0 Å². The average Bonchev–Trinajstić information content (AvgIpc) is 2.50. The Balaban J connectivity index is 3.02. The molecule has 0 aromatic carbocycles. The van der Waals surface area contributed by atoms with Crippen LogP contribution < -0.4 is 0 Å². The first-order valence-corrected chi connectivity index (χ1v) is 9.67. The minimum atomic E-state index is 0.991. The van der Waals surface area contributed by atoms with E-state index in [1.54, 1.807) is 0 Å². The van der Waals surface area contributed by atoms with Gasteiger partial charge in [-0.25, -0.2) is 0 Å². The number of unbranched alkanes of at least 4 members (excludes halogenated alkanes) is 15. The third-order valence-electron chi connectivity index (χ3n) is 4.12. The molecule has 0 aliphatic rings. The van der Waals surface area contributed by atoms with Gasteiger partial charge in [-0.05, 0) is 32.1 Å². The largest absolute Gasteiger partial charge is 0.0885 e. The van der Waals surface area contributed by atoms with Crippen molar-refractivity contribution in [2.45, 2.75) is 110 Å². The maximum atomic E-state index is 3.83. The predicted octanol–water partition coefficient (Wildman–Crippen LogP) is 7.84. The lowest BCUT2D eigenvalue weighted by molar-refractivity contribution is 0.592. The van der Waals surface area contributed by atoms with E-state index < -0.39 is 0 Å². The third kappa shape index (κ3) is 19.7. The van der Waals surface area contributed by atoms with Gasteiger partial charge >= 0.3 is 0 Å². The highest BCUT2D eigenvalue weighted by Gasteiger charge is 1.91. The monoisotopic (exact) mass is 292 g/mol. The second kappa shape index (κ2) is 19.7. The van der Waals surface area contributed by atoms with Gasteiger partial charge in [0, 0.05) is 0 Å². The summed E-state index contributed by atoms with van der Waals surface area (Å²) in [5.41, 5.74) is 0. The molecule has 0 nitrogen and oxygen atoms in total. The van der Waals surface area contributed by atoms with Crippen molar-refractivity contribution in [1.82, 2.24) is 0 Å². The summed E-state index contributed by atoms with van der Waals surface area (Å²) in [4.78, 5) is 0. The van der Waals surface area contributed by atoms with Crippen LogP contribution in [-0.4, -0.2) is 0 Å². The van der Waals surface area contributed by atoms with Crippen LogP contribution >= 0.6 is 0 Å². The van der Waals surface area contributed by atoms with Gasteiger partial charge in [-0.3, -0.25) is 0 Å². The van der Waals surface area contributed by atoms with E-state index in [1.165, 1.54) is 96.3 Å². The van der Waals surface area contributed by atoms with Crippen molar-refractivity contribution in [3.8, 4) is 0 Å². The molecule has 0 bridgehead atoms. The molecule has 0 N–H and O–H groups in total. The van der Waals surface area contributed by atoms with Crippen LogP contribution in [0.15, 0.2) is 12.2 Å². The van der Waals surface area contributed by atoms with Crippen molar-refractivity contribution in [2.24, 2.45) is 0 Å². The molecule has 0 saturated carbocycles. The lowest BCUT2D eigenvalue weighted by Gasteiger charge is -2.00. The fraction of sp³-hybridized carbons (Fsp3) is 0.810. The zero-order valence-corrected chi connectivity index (χ0v) is 14.8. The highest BCUT2D eigenvalue weighted by molar-refractivity contribution is 4.81. The zero-order chi connectivity index (χ0) is 15.4. The van der Waals surface area contributed by atoms with Crippen molar-refractivity contribution in [1.29, 1.82) is 0 Å². The Morgan fingerprint density at radius 3 is 1.48 bits per heavy atom. The van der Waals surface area contributed by atoms with E-state index in [4.69, 9.17) is 0 Å². The van der Waals surface area contributed by atoms with Crippen LogP contribution in [-0.2, 0) is 0 Å². The Kier molecular flexibility index (Phi) is 19.5. The van der Waals surface area contributed by atoms with Crippen molar-refractivity contribution < 1.29 is 0 Å². The van der Waals surface area contributed by atoms with E-state index in [2.05, 4.69) is 32.4 Å². The number of allylic oxidation sites excluding steroid dienone is 2. The molecule has 0 heteroatoms. The van der Waals surface area contributed by atoms with E-state index in [-0.39, 0.29) is 0 Å². The molecule has 0 unspecified atom stereocenters. The topological polar surface area (TPSA) is 0 Å². The number of rotatable bonds is 17. The number of hydrogen-bond donors (Lipinski definition) is 0. The van der Waals surface area contributed by atoms with Crippen LogP contribution in [0, 0.1) is 13.3 Å². The maximum absolute atomic E-state index is 3.83. The second-order valence-corrected chi connectivity index (χ2v) is 6.30. The van der Waals surface area contributed by atoms with E-state index in [1.807, 2.05) is 0 Å². The quantitative estimate of drug-likeness (QED) is 0.189. The van der Waals surface area contributed by atoms with E-state index in [0.717, 1.165) is 6.42 Å². The molecule has 0 atom stereocenters. The van der Waals surface area contributed by atoms with Gasteiger partial charge in [0.1, 0.15) is 0 Å². The zero-order valence-electron chi connectivity index (χ0n) is 14.8. The minimum Gasteiger partial charge on any atom is -0.0885 e. The summed E-state index contributed by atoms with van der Waals surface area (Å²) in [5.74, 6) is 0. The average molecular weight is 293 g/mol. The smallest absolute Gasteiger partial charge is 0.0351 e. The van der Waals surface area contributed by atoms with Crippen LogP contribution in [0.2, 0.25) is 0 Å². The first kappa shape index (κ1) is 20.7. The van der Waals surface area contributed by atoms with E-state index >= 15 is 0 Å². The normalized spacial score (nSPS) is 11.5. The lowest BCUT2D eigenvalue weighted by Crippen LogP contribution is -1.81. The molecular formula is C21H40. The predicted molar refractivity (Wildman–Crippen MR) is 98.3 cm³/mol. The molecule has 21 heavy (non-hydrogen) atoms. The Hall–Kier alpha value is -0.260. The van der Waals surface area contributed by atoms with E-state index in [9.17, 15) is 0 Å². The molecule has 124 valence electrons. The van der Waals surface area contributed by atoms with Gasteiger partial charge in [0.15, 0.2) is 0 Å². The molecule has 2 radical (unpaired) electrons. The van der Waals surface area contributed by atoms with Crippen LogP contribution in [0.25, 0.3) is 0 Å². The summed E-state index contributed by atoms with van der Waals surface area (Å²) in [6, 6.07) is 0. The Labute approximate surface area is 135 Å². The standard InChI is InChI=1S/C21H40/c1-3-5-7-9-11-13-15-17-19-21-20-18-16-14-12-10-8-6-4-2/h5,18,20H,1,3-4,6-17,19,21H2,2H3/b20-18-. The molecule has 0 amide bonds. The number of hydrogen-bond acceptors (Lipinski definition) is 0. The van der Waals surface area contributed by atoms with Crippen LogP contribution in [0.3, 0.4) is 0 Å². The minimum absolute atomic E-state index is 0.991. The lowest BCUT2D eigenvalue weighted by atomic mass is 10.1. The first-order chi connectivity index (χ1) is 10.4. The van der Waals surface area contributed by atoms with Crippen molar-refractivity contribution in [3.05, 3.63) is 25.5 Å². The van der Waals surface area contributed by atoms with Crippen LogP contribution in [0.5, 0.6) is 0 Å². The molecule has 0 aliphatic carbocycles. The van der Waals surface area contributed by atoms with Gasteiger partial charge in [0.2, 0.25) is 0 Å². The first-order valence-electron chi connectivity index (χ1n) is 9.67. The fourth-order valence-corrected chi connectivity index (χ4v) is 2.68. The highest BCUT2D eigenvalue weighted by Crippen LogP contribution is 2.11. The second-order valence-electron chi connectivity index (χ2n) is 6.30. The highest BCUT2D eigenvalue weighted by atomic mass is 14.0. The summed E-state index contributed by atoms with van der Waals surface area (Å²) >= 11 is 0. The molecule has 0 spiro atoms. The van der Waals surface area contributed by atoms with Gasteiger partial charge < -0.3 is 0 Å². The summed E-state index contributed by atoms with van der Waals surface area (Å²) < 4.78 is 0. The molecule has 0 rings (SSSR count). The van der Waals surface area contributed by atoms with Crippen molar-refractivity contribution in [3.63, 3.8) is 0 Å². The maximum Gasteiger partial charge on any atom is -0.0351 e. The van der Waals surface area contributed by atoms with Gasteiger partial charge in [0.05, 0.1) is 0 Å². The summed E-state index contributed by atoms with van der Waals surface area (Å²) in [6.07, 6.45) is 28.9. The van der Waals surface area contributed by atoms with E-state index in [0.29, 0.717) is 0 Å². The van der Waals surface area contributed by atoms with Gasteiger partial charge in [-0.15, -0.1) is 0 Å². The molecule has 0 fully saturated rings. The molecule has 0 aromatic rings. The Morgan fingerprint density at radius 2 is 1.00 bits per heavy atom. The van der Waals surface area contributed by atoms with Gasteiger partial charge in [-0.2, -0.15) is 0 Å². The summed E-state index contributed by atoms with van der Waals surface area (Å²) in [6.45, 7) is 6.12. The third-order valence-corrected chi connectivity index (χ3v) is 4.12. The van der Waals surface area contributed by atoms with Crippen molar-refractivity contribution in [2.75, 3.05) is 0 Å². The summed E-state index contributed by atoms with van der Waals surface area (Å²) in [7, 11) is 0. The molecular weight excluding hydrogens is 252 g/mol. The molecule has 0 saturated heterocycles. The molecule has 0 aliphatic heterocycles. The molecule has 0 heterocycles. The fourth-order valence-electron chi connectivity index (χ4n) is 2.68. The Bertz CT molecular complexity index is 192. The SMILES string of the molecule is [CH2]C[CH]CCCCCCCC/C=C\CCCCCCCC. The van der Waals surface area contributed by atoms with Crippen molar-refractivity contribution >= 4 is 0 Å². The summed E-state index contributed by atoms with van der Waals surface area (Å²) in [5, 5.41) is 0. The van der Waals surface area contributed by atoms with Crippen LogP contribution in [0.1, 0.15) is 110 Å². The molecule has 0 aromatic heterocycles.